The van der Waals surface area contributed by atoms with Gasteiger partial charge in [0.2, 0.25) is 5.91 Å². The van der Waals surface area contributed by atoms with Crippen LogP contribution in [-0.2, 0) is 11.3 Å². The molecule has 6 nitrogen and oxygen atoms in total. The molecule has 0 aromatic carbocycles. The Morgan fingerprint density at radius 3 is 2.92 bits per heavy atom. The first-order valence-corrected chi connectivity index (χ1v) is 3.53. The number of hydrogen-bond acceptors (Lipinski definition) is 4. The Morgan fingerprint density at radius 2 is 2.50 bits per heavy atom. The predicted molar refractivity (Wildman–Crippen MR) is 41.8 cm³/mol. The van der Waals surface area contributed by atoms with Gasteiger partial charge in [-0.1, -0.05) is 5.21 Å². The first-order valence-electron chi connectivity index (χ1n) is 3.53. The molecule has 0 aliphatic carbocycles. The minimum Gasteiger partial charge on any atom is -0.368 e. The van der Waals surface area contributed by atoms with Crippen molar-refractivity contribution in [2.24, 2.45) is 11.5 Å². The van der Waals surface area contributed by atoms with Crippen LogP contribution in [0.5, 0.6) is 0 Å². The van der Waals surface area contributed by atoms with Crippen LogP contribution in [0.25, 0.3) is 0 Å². The summed E-state index contributed by atoms with van der Waals surface area (Å²) >= 11 is 0. The molecule has 66 valence electrons. The van der Waals surface area contributed by atoms with Crippen LogP contribution in [0.2, 0.25) is 0 Å². The number of aromatic nitrogens is 3. The molecule has 1 aromatic heterocycles. The van der Waals surface area contributed by atoms with Gasteiger partial charge in [-0.15, -0.1) is 5.10 Å². The summed E-state index contributed by atoms with van der Waals surface area (Å²) in [7, 11) is 0. The first kappa shape index (κ1) is 8.66. The molecule has 6 heteroatoms. The lowest BCUT2D eigenvalue weighted by molar-refractivity contribution is -0.118. The normalized spacial score (nSPS) is 12.8. The number of carbonyl (C=O) groups excluding carboxylic acids is 1. The van der Waals surface area contributed by atoms with Gasteiger partial charge in [-0.25, -0.2) is 4.68 Å². The van der Waals surface area contributed by atoms with Crippen molar-refractivity contribution < 1.29 is 4.79 Å². The van der Waals surface area contributed by atoms with Crippen molar-refractivity contribution in [3.05, 3.63) is 11.9 Å². The highest BCUT2D eigenvalue weighted by molar-refractivity contribution is 5.73. The van der Waals surface area contributed by atoms with Gasteiger partial charge in [-0.2, -0.15) is 0 Å². The van der Waals surface area contributed by atoms with Crippen LogP contribution in [0.15, 0.2) is 6.20 Å². The molecule has 1 heterocycles. The van der Waals surface area contributed by atoms with Crippen LogP contribution < -0.4 is 11.5 Å². The summed E-state index contributed by atoms with van der Waals surface area (Å²) in [4.78, 5) is 10.5. The second-order valence-corrected chi connectivity index (χ2v) is 2.60. The Labute approximate surface area is 69.5 Å². The van der Waals surface area contributed by atoms with Crippen molar-refractivity contribution in [1.29, 1.82) is 0 Å². The van der Waals surface area contributed by atoms with Crippen molar-refractivity contribution in [2.75, 3.05) is 0 Å². The number of nitrogens with two attached hydrogens (primary N) is 2. The van der Waals surface area contributed by atoms with Crippen molar-refractivity contribution in [3.8, 4) is 0 Å². The van der Waals surface area contributed by atoms with E-state index in [0.717, 1.165) is 0 Å². The number of hydrogen-bond donors (Lipinski definition) is 2. The third kappa shape index (κ3) is 2.03. The molecule has 12 heavy (non-hydrogen) atoms. The largest absolute Gasteiger partial charge is 0.368 e. The van der Waals surface area contributed by atoms with Crippen molar-refractivity contribution in [1.82, 2.24) is 15.0 Å². The molecular weight excluding hydrogens is 158 g/mol. The smallest absolute Gasteiger partial charge is 0.239 e. The van der Waals surface area contributed by atoms with Crippen LogP contribution in [0.4, 0.5) is 0 Å². The van der Waals surface area contributed by atoms with Gasteiger partial charge < -0.3 is 11.5 Å². The maximum atomic E-state index is 10.5. The molecular formula is C6H11N5O. The van der Waals surface area contributed by atoms with Crippen molar-refractivity contribution in [2.45, 2.75) is 19.5 Å². The lowest BCUT2D eigenvalue weighted by atomic mass is 10.3. The van der Waals surface area contributed by atoms with E-state index in [9.17, 15) is 4.79 Å². The summed E-state index contributed by atoms with van der Waals surface area (Å²) < 4.78 is 1.36. The Morgan fingerprint density at radius 1 is 1.83 bits per heavy atom. The Balaban J connectivity index is 2.70. The van der Waals surface area contributed by atoms with Gasteiger partial charge in [0.05, 0.1) is 11.9 Å². The summed E-state index contributed by atoms with van der Waals surface area (Å²) in [6, 6.07) is -0.174. The standard InChI is InChI=1S/C6H11N5O/c1-4(7)5-2-11(10-9-5)3-6(8)12/h2,4H,3,7H2,1H3,(H2,8,12)/t4-/m0/s1. The zero-order valence-corrected chi connectivity index (χ0v) is 6.77. The van der Waals surface area contributed by atoms with Gasteiger partial charge in [0.25, 0.3) is 0 Å². The summed E-state index contributed by atoms with van der Waals surface area (Å²) in [6.07, 6.45) is 1.61. The third-order valence-corrected chi connectivity index (χ3v) is 1.34. The Hall–Kier alpha value is -1.43. The molecule has 0 aliphatic heterocycles. The number of primary amides is 1. The van der Waals surface area contributed by atoms with E-state index in [1.807, 2.05) is 0 Å². The molecule has 1 rings (SSSR count). The SMILES string of the molecule is C[C@H](N)c1cn(CC(N)=O)nn1. The quantitative estimate of drug-likeness (QED) is 0.592. The second-order valence-electron chi connectivity index (χ2n) is 2.60. The third-order valence-electron chi connectivity index (χ3n) is 1.34. The van der Waals surface area contributed by atoms with Crippen LogP contribution in [0.1, 0.15) is 18.7 Å². The van der Waals surface area contributed by atoms with E-state index in [1.165, 1.54) is 4.68 Å². The van der Waals surface area contributed by atoms with E-state index in [-0.39, 0.29) is 12.6 Å². The lowest BCUT2D eigenvalue weighted by Crippen LogP contribution is -2.18. The number of nitrogens with zero attached hydrogens (tertiary/aromatic N) is 3. The van der Waals surface area contributed by atoms with Crippen molar-refractivity contribution in [3.63, 3.8) is 0 Å². The summed E-state index contributed by atoms with van der Waals surface area (Å²) in [5, 5.41) is 7.41. The molecule has 0 unspecified atom stereocenters. The molecule has 0 fully saturated rings. The van der Waals surface area contributed by atoms with E-state index in [4.69, 9.17) is 11.5 Å². The molecule has 1 amide bonds. The second kappa shape index (κ2) is 3.31. The number of rotatable bonds is 3. The van der Waals surface area contributed by atoms with Crippen LogP contribution in [0, 0.1) is 0 Å². The van der Waals surface area contributed by atoms with Gasteiger partial charge in [0.1, 0.15) is 6.54 Å². The number of amides is 1. The Kier molecular flexibility index (Phi) is 2.39. The molecule has 0 saturated carbocycles. The zero-order valence-electron chi connectivity index (χ0n) is 6.77. The molecule has 1 aromatic rings. The molecule has 0 bridgehead atoms. The summed E-state index contributed by atoms with van der Waals surface area (Å²) in [5.41, 5.74) is 11.1. The highest BCUT2D eigenvalue weighted by atomic mass is 16.1. The fraction of sp³-hybridized carbons (Fsp3) is 0.500. The fourth-order valence-electron chi connectivity index (χ4n) is 0.759. The highest BCUT2D eigenvalue weighted by Gasteiger charge is 2.05. The maximum Gasteiger partial charge on any atom is 0.239 e. The monoisotopic (exact) mass is 169 g/mol. The van der Waals surface area contributed by atoms with E-state index in [2.05, 4.69) is 10.3 Å². The van der Waals surface area contributed by atoms with Crippen LogP contribution in [-0.4, -0.2) is 20.9 Å². The maximum absolute atomic E-state index is 10.5. The number of carbonyl (C=O) groups is 1. The molecule has 0 saturated heterocycles. The van der Waals surface area contributed by atoms with Gasteiger partial charge in [0, 0.05) is 6.04 Å². The topological polar surface area (TPSA) is 99.8 Å². The van der Waals surface area contributed by atoms with Gasteiger partial charge in [-0.05, 0) is 6.92 Å². The van der Waals surface area contributed by atoms with E-state index >= 15 is 0 Å². The first-order chi connectivity index (χ1) is 5.59. The van der Waals surface area contributed by atoms with Gasteiger partial charge in [0.15, 0.2) is 0 Å². The minimum absolute atomic E-state index is 0.0414. The average molecular weight is 169 g/mol. The lowest BCUT2D eigenvalue weighted by Gasteiger charge is -1.95. The minimum atomic E-state index is -0.448. The average Bonchev–Trinajstić information content (AvgIpc) is 2.34. The van der Waals surface area contributed by atoms with E-state index < -0.39 is 5.91 Å². The van der Waals surface area contributed by atoms with E-state index in [1.54, 1.807) is 13.1 Å². The molecule has 0 radical (unpaired) electrons. The zero-order chi connectivity index (χ0) is 9.14. The highest BCUT2D eigenvalue weighted by Crippen LogP contribution is 2.02. The van der Waals surface area contributed by atoms with Gasteiger partial charge in [-0.3, -0.25) is 4.79 Å². The van der Waals surface area contributed by atoms with Gasteiger partial charge >= 0.3 is 0 Å². The van der Waals surface area contributed by atoms with Crippen LogP contribution >= 0.6 is 0 Å². The van der Waals surface area contributed by atoms with Crippen LogP contribution in [0.3, 0.4) is 0 Å². The summed E-state index contributed by atoms with van der Waals surface area (Å²) in [6.45, 7) is 1.83. The molecule has 0 aliphatic rings. The fourth-order valence-corrected chi connectivity index (χ4v) is 0.759. The predicted octanol–water partition coefficient (Wildman–Crippen LogP) is -1.22. The van der Waals surface area contributed by atoms with E-state index in [0.29, 0.717) is 5.69 Å². The summed E-state index contributed by atoms with van der Waals surface area (Å²) in [5.74, 6) is -0.448. The molecule has 0 spiro atoms. The Bertz CT molecular complexity index is 279. The molecule has 4 N–H and O–H groups in total. The molecule has 1 atom stereocenters. The van der Waals surface area contributed by atoms with Crippen molar-refractivity contribution >= 4 is 5.91 Å².